The summed E-state index contributed by atoms with van der Waals surface area (Å²) in [7, 11) is 1.72. The minimum absolute atomic E-state index is 0.0305. The van der Waals surface area contributed by atoms with Crippen LogP contribution in [0.5, 0.6) is 0 Å². The fourth-order valence-electron chi connectivity index (χ4n) is 4.66. The molecule has 1 aromatic carbocycles. The Balaban J connectivity index is 1.64. The molecule has 2 N–H and O–H groups in total. The van der Waals surface area contributed by atoms with Crippen LogP contribution >= 0.6 is 0 Å². The van der Waals surface area contributed by atoms with E-state index >= 15 is 0 Å². The second-order valence-corrected chi connectivity index (χ2v) is 9.58. The van der Waals surface area contributed by atoms with Gasteiger partial charge in [0, 0.05) is 37.3 Å². The summed E-state index contributed by atoms with van der Waals surface area (Å²) in [6.07, 6.45) is -2.45. The molecule has 1 aromatic heterocycles. The number of anilines is 1. The van der Waals surface area contributed by atoms with Crippen molar-refractivity contribution in [1.82, 2.24) is 14.8 Å². The number of amides is 1. The van der Waals surface area contributed by atoms with Crippen LogP contribution in [0.2, 0.25) is 0 Å². The van der Waals surface area contributed by atoms with Crippen LogP contribution in [0.25, 0.3) is 0 Å². The normalized spacial score (nSPS) is 21.4. The number of carbonyl (C=O) groups is 1. The lowest BCUT2D eigenvalue weighted by Gasteiger charge is -2.42. The first-order chi connectivity index (χ1) is 16.8. The van der Waals surface area contributed by atoms with Gasteiger partial charge in [0.2, 0.25) is 0 Å². The molecule has 0 spiro atoms. The summed E-state index contributed by atoms with van der Waals surface area (Å²) in [5.74, 6) is -5.17. The van der Waals surface area contributed by atoms with E-state index in [0.717, 1.165) is 22.9 Å². The van der Waals surface area contributed by atoms with Gasteiger partial charge in [-0.1, -0.05) is 18.2 Å². The van der Waals surface area contributed by atoms with Crippen molar-refractivity contribution in [2.24, 2.45) is 0 Å². The van der Waals surface area contributed by atoms with E-state index in [0.29, 0.717) is 0 Å². The summed E-state index contributed by atoms with van der Waals surface area (Å²) in [5.41, 5.74) is -3.72. The number of aromatic nitrogens is 1. The molecule has 2 aromatic rings. The predicted molar refractivity (Wildman–Crippen MR) is 121 cm³/mol. The maximum atomic E-state index is 14.7. The summed E-state index contributed by atoms with van der Waals surface area (Å²) in [6.45, 7) is 1.39. The maximum Gasteiger partial charge on any atom is 0.268 e. The fourth-order valence-corrected chi connectivity index (χ4v) is 4.66. The van der Waals surface area contributed by atoms with Crippen molar-refractivity contribution < 1.29 is 31.1 Å². The number of rotatable bonds is 8. The van der Waals surface area contributed by atoms with Gasteiger partial charge in [-0.2, -0.15) is 0 Å². The van der Waals surface area contributed by atoms with Gasteiger partial charge in [0.05, 0.1) is 29.4 Å². The van der Waals surface area contributed by atoms with Crippen molar-refractivity contribution in [3.8, 4) is 0 Å². The van der Waals surface area contributed by atoms with E-state index in [9.17, 15) is 35.9 Å². The topological polar surface area (TPSA) is 66.4 Å². The van der Waals surface area contributed by atoms with Crippen molar-refractivity contribution in [2.75, 3.05) is 32.0 Å². The predicted octanol–water partition coefficient (Wildman–Crippen LogP) is 4.45. The van der Waals surface area contributed by atoms with E-state index in [1.165, 1.54) is 19.1 Å². The quantitative estimate of drug-likeness (QED) is 0.509. The number of benzene rings is 1. The Labute approximate surface area is 203 Å². The molecule has 0 radical (unpaired) electrons. The van der Waals surface area contributed by atoms with Gasteiger partial charge >= 0.3 is 0 Å². The van der Waals surface area contributed by atoms with Crippen molar-refractivity contribution in [2.45, 2.75) is 49.9 Å². The molecule has 0 bridgehead atoms. The van der Waals surface area contributed by atoms with Crippen molar-refractivity contribution >= 4 is 11.6 Å². The average Bonchev–Trinajstić information content (AvgIpc) is 2.77. The molecule has 196 valence electrons. The van der Waals surface area contributed by atoms with Gasteiger partial charge in [0.25, 0.3) is 23.8 Å². The zero-order valence-electron chi connectivity index (χ0n) is 19.6. The van der Waals surface area contributed by atoms with E-state index in [-0.39, 0.29) is 42.9 Å². The lowest BCUT2D eigenvalue weighted by molar-refractivity contribution is -0.123. The van der Waals surface area contributed by atoms with Gasteiger partial charge in [0.1, 0.15) is 11.9 Å². The van der Waals surface area contributed by atoms with Crippen LogP contribution in [0, 0.1) is 5.82 Å². The first-order valence-electron chi connectivity index (χ1n) is 11.4. The number of nitrogens with one attached hydrogen (secondary N) is 2. The number of alkyl halides is 5. The highest BCUT2D eigenvalue weighted by atomic mass is 19.3. The highest BCUT2D eigenvalue weighted by Crippen LogP contribution is 2.46. The van der Waals surface area contributed by atoms with Crippen LogP contribution in [0.15, 0.2) is 35.3 Å². The molecule has 1 aliphatic carbocycles. The Hall–Kier alpha value is -3.02. The van der Waals surface area contributed by atoms with E-state index in [4.69, 9.17) is 0 Å². The SMILES string of the molecule is C[C@@H](NC(=O)c1cn([C@H]2CCC2(F)F)c(=O)cc1NCC1(F)CN(C)C1)c1cccc(C(F)F)c1F. The van der Waals surface area contributed by atoms with Gasteiger partial charge < -0.3 is 15.2 Å². The maximum absolute atomic E-state index is 14.7. The molecule has 1 saturated carbocycles. The van der Waals surface area contributed by atoms with Crippen LogP contribution in [-0.4, -0.2) is 53.6 Å². The molecule has 1 aliphatic heterocycles. The lowest BCUT2D eigenvalue weighted by Crippen LogP contribution is -2.60. The van der Waals surface area contributed by atoms with Gasteiger partial charge in [-0.15, -0.1) is 0 Å². The highest BCUT2D eigenvalue weighted by molar-refractivity contribution is 5.99. The second-order valence-electron chi connectivity index (χ2n) is 9.58. The molecule has 2 aliphatic rings. The molecule has 2 atom stereocenters. The molecule has 1 amide bonds. The Morgan fingerprint density at radius 3 is 2.42 bits per heavy atom. The summed E-state index contributed by atoms with van der Waals surface area (Å²) in [5, 5.41) is 5.20. The number of pyridine rings is 1. The van der Waals surface area contributed by atoms with Crippen LogP contribution in [0.4, 0.5) is 32.0 Å². The molecular formula is C24H26F6N4O2. The van der Waals surface area contributed by atoms with E-state index < -0.39 is 59.4 Å². The molecule has 6 nitrogen and oxygen atoms in total. The zero-order chi connectivity index (χ0) is 26.4. The first kappa shape index (κ1) is 26.1. The lowest BCUT2D eigenvalue weighted by atomic mass is 9.87. The molecule has 12 heteroatoms. The second kappa shape index (κ2) is 9.45. The fraction of sp³-hybridized carbons (Fsp3) is 0.500. The summed E-state index contributed by atoms with van der Waals surface area (Å²) in [6, 6.07) is 1.83. The zero-order valence-corrected chi connectivity index (χ0v) is 19.6. The molecule has 2 fully saturated rings. The minimum Gasteiger partial charge on any atom is -0.381 e. The number of nitrogens with zero attached hydrogens (tertiary/aromatic N) is 2. The molecule has 1 saturated heterocycles. The monoisotopic (exact) mass is 516 g/mol. The highest BCUT2D eigenvalue weighted by Gasteiger charge is 2.50. The number of hydrogen-bond acceptors (Lipinski definition) is 4. The third-order valence-electron chi connectivity index (χ3n) is 6.71. The standard InChI is InChI=1S/C24H26F6N4O2/c1-13(14-4-3-5-15(20(14)25)21(26)27)32-22(36)16-9-34(18-6-7-24(18,29)30)19(35)8-17(16)31-10-23(28)11-33(2)12-23/h3-5,8-9,13,18,21,31H,6-7,10-12H2,1-2H3,(H,32,36)/t13-,18+/m1/s1. The van der Waals surface area contributed by atoms with Crippen molar-refractivity contribution in [3.05, 3.63) is 63.3 Å². The van der Waals surface area contributed by atoms with Crippen LogP contribution in [0.3, 0.4) is 0 Å². The smallest absolute Gasteiger partial charge is 0.268 e. The number of hydrogen-bond donors (Lipinski definition) is 2. The molecular weight excluding hydrogens is 490 g/mol. The summed E-state index contributed by atoms with van der Waals surface area (Å²) >= 11 is 0. The van der Waals surface area contributed by atoms with Crippen molar-refractivity contribution in [3.63, 3.8) is 0 Å². The van der Waals surface area contributed by atoms with Crippen molar-refractivity contribution in [1.29, 1.82) is 0 Å². The Kier molecular flexibility index (Phi) is 6.84. The number of halogens is 6. The third-order valence-corrected chi connectivity index (χ3v) is 6.71. The molecule has 2 heterocycles. The molecule has 4 rings (SSSR count). The average molecular weight is 516 g/mol. The third kappa shape index (κ3) is 4.95. The van der Waals surface area contributed by atoms with E-state index in [2.05, 4.69) is 10.6 Å². The summed E-state index contributed by atoms with van der Waals surface area (Å²) in [4.78, 5) is 27.5. The number of carbonyl (C=O) groups excluding carboxylic acids is 1. The van der Waals surface area contributed by atoms with Crippen LogP contribution in [0.1, 0.15) is 59.8 Å². The Bertz CT molecular complexity index is 1210. The van der Waals surface area contributed by atoms with Gasteiger partial charge in [-0.25, -0.2) is 26.3 Å². The minimum atomic E-state index is -3.13. The largest absolute Gasteiger partial charge is 0.381 e. The Morgan fingerprint density at radius 1 is 1.19 bits per heavy atom. The summed E-state index contributed by atoms with van der Waals surface area (Å²) < 4.78 is 84.3. The van der Waals surface area contributed by atoms with E-state index in [1.54, 1.807) is 11.9 Å². The number of likely N-dealkylation sites (tertiary alicyclic amines) is 1. The van der Waals surface area contributed by atoms with E-state index in [1.807, 2.05) is 0 Å². The van der Waals surface area contributed by atoms with Crippen LogP contribution < -0.4 is 16.2 Å². The molecule has 0 unspecified atom stereocenters. The van der Waals surface area contributed by atoms with Gasteiger partial charge in [-0.3, -0.25) is 14.5 Å². The Morgan fingerprint density at radius 2 is 1.86 bits per heavy atom. The van der Waals surface area contributed by atoms with Gasteiger partial charge in [0.15, 0.2) is 5.67 Å². The van der Waals surface area contributed by atoms with Gasteiger partial charge in [-0.05, 0) is 20.4 Å². The molecule has 36 heavy (non-hydrogen) atoms. The van der Waals surface area contributed by atoms with Crippen LogP contribution in [-0.2, 0) is 0 Å². The first-order valence-corrected chi connectivity index (χ1v) is 11.4.